The van der Waals surface area contributed by atoms with E-state index >= 15 is 0 Å². The number of carbonyl (C=O) groups excluding carboxylic acids is 1. The quantitative estimate of drug-likeness (QED) is 0.617. The van der Waals surface area contributed by atoms with Gasteiger partial charge in [0.15, 0.2) is 0 Å². The molecule has 0 heterocycles. The second-order valence-corrected chi connectivity index (χ2v) is 6.71. The van der Waals surface area contributed by atoms with Crippen LogP contribution in [0.2, 0.25) is 0 Å². The zero-order valence-corrected chi connectivity index (χ0v) is 14.1. The first-order chi connectivity index (χ1) is 10.7. The van der Waals surface area contributed by atoms with E-state index in [1.165, 1.54) is 16.5 Å². The highest BCUT2D eigenvalue weighted by molar-refractivity contribution is 14.1. The fourth-order valence-electron chi connectivity index (χ4n) is 3.20. The smallest absolute Gasteiger partial charge is 0.256 e. The highest BCUT2D eigenvalue weighted by Gasteiger charge is 2.18. The predicted molar refractivity (Wildman–Crippen MR) is 98.5 cm³/mol. The van der Waals surface area contributed by atoms with Crippen molar-refractivity contribution in [2.45, 2.75) is 12.8 Å². The third-order valence-electron chi connectivity index (χ3n) is 4.24. The second kappa shape index (κ2) is 5.39. The maximum absolute atomic E-state index is 12.7. The van der Waals surface area contributed by atoms with Crippen molar-refractivity contribution < 1.29 is 4.79 Å². The summed E-state index contributed by atoms with van der Waals surface area (Å²) in [6, 6.07) is 18.2. The number of amides is 1. The van der Waals surface area contributed by atoms with Gasteiger partial charge in [0.25, 0.3) is 5.91 Å². The molecule has 3 aromatic rings. The van der Waals surface area contributed by atoms with Crippen molar-refractivity contribution in [2.24, 2.45) is 0 Å². The van der Waals surface area contributed by atoms with Crippen molar-refractivity contribution in [2.75, 3.05) is 5.32 Å². The molecule has 1 aliphatic carbocycles. The van der Waals surface area contributed by atoms with Crippen molar-refractivity contribution in [3.8, 4) is 0 Å². The lowest BCUT2D eigenvalue weighted by Gasteiger charge is -2.11. The van der Waals surface area contributed by atoms with Crippen LogP contribution in [0.1, 0.15) is 21.5 Å². The average molecular weight is 399 g/mol. The molecule has 0 saturated carbocycles. The Morgan fingerprint density at radius 1 is 0.909 bits per heavy atom. The molecule has 0 saturated heterocycles. The summed E-state index contributed by atoms with van der Waals surface area (Å²) in [5, 5.41) is 5.37. The first-order valence-corrected chi connectivity index (χ1v) is 8.41. The van der Waals surface area contributed by atoms with Gasteiger partial charge in [-0.05, 0) is 75.5 Å². The van der Waals surface area contributed by atoms with Gasteiger partial charge in [-0.2, -0.15) is 0 Å². The molecule has 0 fully saturated rings. The number of para-hydroxylation sites is 1. The summed E-state index contributed by atoms with van der Waals surface area (Å²) in [6.07, 6.45) is 2.16. The minimum Gasteiger partial charge on any atom is -0.321 e. The Balaban J connectivity index is 1.79. The van der Waals surface area contributed by atoms with Crippen LogP contribution in [0.3, 0.4) is 0 Å². The summed E-state index contributed by atoms with van der Waals surface area (Å²) in [5.74, 6) is -0.0419. The van der Waals surface area contributed by atoms with E-state index in [4.69, 9.17) is 0 Å². The minimum absolute atomic E-state index is 0.0419. The highest BCUT2D eigenvalue weighted by atomic mass is 127. The van der Waals surface area contributed by atoms with Crippen LogP contribution < -0.4 is 5.32 Å². The second-order valence-electron chi connectivity index (χ2n) is 5.55. The SMILES string of the molecule is O=C(Nc1ccccc1I)c1ccc2c3c(cccc13)CC2. The monoisotopic (exact) mass is 399 g/mol. The van der Waals surface area contributed by atoms with E-state index in [0.29, 0.717) is 0 Å². The summed E-state index contributed by atoms with van der Waals surface area (Å²) in [5.41, 5.74) is 4.33. The Kier molecular flexibility index (Phi) is 3.37. The average Bonchev–Trinajstić information content (AvgIpc) is 2.95. The fourth-order valence-corrected chi connectivity index (χ4v) is 3.72. The number of benzene rings is 3. The van der Waals surface area contributed by atoms with Gasteiger partial charge in [-0.25, -0.2) is 0 Å². The zero-order chi connectivity index (χ0) is 15.1. The molecule has 0 aromatic heterocycles. The maximum Gasteiger partial charge on any atom is 0.256 e. The molecular weight excluding hydrogens is 385 g/mol. The van der Waals surface area contributed by atoms with Crippen LogP contribution in [0.5, 0.6) is 0 Å². The Morgan fingerprint density at radius 2 is 1.68 bits per heavy atom. The predicted octanol–water partition coefficient (Wildman–Crippen LogP) is 4.80. The van der Waals surface area contributed by atoms with Gasteiger partial charge >= 0.3 is 0 Å². The normalized spacial score (nSPS) is 12.6. The van der Waals surface area contributed by atoms with Crippen LogP contribution in [-0.2, 0) is 12.8 Å². The minimum atomic E-state index is -0.0419. The molecule has 108 valence electrons. The van der Waals surface area contributed by atoms with Crippen LogP contribution in [0, 0.1) is 3.57 Å². The van der Waals surface area contributed by atoms with E-state index in [1.807, 2.05) is 30.3 Å². The van der Waals surface area contributed by atoms with Crippen LogP contribution in [0.4, 0.5) is 5.69 Å². The van der Waals surface area contributed by atoms with Crippen molar-refractivity contribution >= 4 is 45.0 Å². The molecule has 1 N–H and O–H groups in total. The van der Waals surface area contributed by atoms with Gasteiger partial charge in [0, 0.05) is 9.13 Å². The zero-order valence-electron chi connectivity index (χ0n) is 11.9. The summed E-state index contributed by atoms with van der Waals surface area (Å²) in [7, 11) is 0. The molecule has 1 aliphatic rings. The van der Waals surface area contributed by atoms with Gasteiger partial charge in [-0.1, -0.05) is 36.4 Å². The molecule has 3 aromatic carbocycles. The number of anilines is 1. The lowest BCUT2D eigenvalue weighted by atomic mass is 9.99. The Morgan fingerprint density at radius 3 is 2.50 bits per heavy atom. The number of hydrogen-bond acceptors (Lipinski definition) is 1. The van der Waals surface area contributed by atoms with Gasteiger partial charge in [-0.3, -0.25) is 4.79 Å². The molecule has 22 heavy (non-hydrogen) atoms. The summed E-state index contributed by atoms with van der Waals surface area (Å²) in [6.45, 7) is 0. The number of nitrogens with one attached hydrogen (secondary N) is 1. The lowest BCUT2D eigenvalue weighted by molar-refractivity contribution is 0.102. The number of rotatable bonds is 2. The molecule has 0 bridgehead atoms. The molecular formula is C19H14INO. The molecule has 3 heteroatoms. The van der Waals surface area contributed by atoms with Gasteiger partial charge in [0.1, 0.15) is 0 Å². The van der Waals surface area contributed by atoms with Crippen molar-refractivity contribution in [3.05, 3.63) is 74.9 Å². The van der Waals surface area contributed by atoms with Gasteiger partial charge in [0.05, 0.1) is 5.69 Å². The van der Waals surface area contributed by atoms with E-state index in [9.17, 15) is 4.79 Å². The number of carbonyl (C=O) groups is 1. The standard InChI is InChI=1S/C19H14INO/c20-16-6-1-2-7-17(16)21-19(22)15-11-10-13-9-8-12-4-3-5-14(15)18(12)13/h1-7,10-11H,8-9H2,(H,21,22). The van der Waals surface area contributed by atoms with Crippen molar-refractivity contribution in [1.82, 2.24) is 0 Å². The molecule has 0 aliphatic heterocycles. The van der Waals surface area contributed by atoms with Gasteiger partial charge < -0.3 is 5.32 Å². The maximum atomic E-state index is 12.7. The third-order valence-corrected chi connectivity index (χ3v) is 5.18. The highest BCUT2D eigenvalue weighted by Crippen LogP contribution is 2.33. The van der Waals surface area contributed by atoms with Gasteiger partial charge in [-0.15, -0.1) is 0 Å². The Bertz CT molecular complexity index is 891. The number of aryl methyl sites for hydroxylation is 2. The van der Waals surface area contributed by atoms with E-state index in [-0.39, 0.29) is 5.91 Å². The Labute approximate surface area is 142 Å². The largest absolute Gasteiger partial charge is 0.321 e. The molecule has 0 radical (unpaired) electrons. The molecule has 2 nitrogen and oxygen atoms in total. The summed E-state index contributed by atoms with van der Waals surface area (Å²) in [4.78, 5) is 12.7. The first kappa shape index (κ1) is 13.8. The molecule has 0 unspecified atom stereocenters. The van der Waals surface area contributed by atoms with Crippen LogP contribution in [-0.4, -0.2) is 5.91 Å². The molecule has 1 amide bonds. The van der Waals surface area contributed by atoms with E-state index < -0.39 is 0 Å². The Hall–Kier alpha value is -1.88. The fraction of sp³-hybridized carbons (Fsp3) is 0.105. The van der Waals surface area contributed by atoms with Crippen LogP contribution >= 0.6 is 22.6 Å². The molecule has 4 rings (SSSR count). The third kappa shape index (κ3) is 2.20. The van der Waals surface area contributed by atoms with Gasteiger partial charge in [0.2, 0.25) is 0 Å². The summed E-state index contributed by atoms with van der Waals surface area (Å²) >= 11 is 2.24. The van der Waals surface area contributed by atoms with E-state index in [1.54, 1.807) is 0 Å². The molecule has 0 atom stereocenters. The molecule has 0 spiro atoms. The van der Waals surface area contributed by atoms with E-state index in [0.717, 1.165) is 33.0 Å². The summed E-state index contributed by atoms with van der Waals surface area (Å²) < 4.78 is 1.04. The van der Waals surface area contributed by atoms with Crippen molar-refractivity contribution in [1.29, 1.82) is 0 Å². The number of halogens is 1. The number of hydrogen-bond donors (Lipinski definition) is 1. The topological polar surface area (TPSA) is 29.1 Å². The van der Waals surface area contributed by atoms with Crippen LogP contribution in [0.25, 0.3) is 10.8 Å². The van der Waals surface area contributed by atoms with Crippen LogP contribution in [0.15, 0.2) is 54.6 Å². The van der Waals surface area contributed by atoms with E-state index in [2.05, 4.69) is 52.2 Å². The first-order valence-electron chi connectivity index (χ1n) is 7.33. The van der Waals surface area contributed by atoms with Crippen molar-refractivity contribution in [3.63, 3.8) is 0 Å². The lowest BCUT2D eigenvalue weighted by Crippen LogP contribution is -2.13.